The number of amides is 3. The van der Waals surface area contributed by atoms with Crippen molar-refractivity contribution >= 4 is 51.2 Å². The number of carbonyl (C=O) groups is 2. The number of para-hydroxylation sites is 1. The Morgan fingerprint density at radius 3 is 2.45 bits per heavy atom. The second-order valence-electron chi connectivity index (χ2n) is 14.8. The van der Waals surface area contributed by atoms with Gasteiger partial charge in [-0.2, -0.15) is 0 Å². The SMILES string of the molecule is CCc1cc(C[C@@H](NC(=O)N2CCC(n3c(=O)[nH]c4c5ccccc5ncc43)CC2)C(=O)N2CCN(C3CN4CCC3CC4)CC2)cc(Cl)c1N. The Balaban J connectivity index is 0.959. The summed E-state index contributed by atoms with van der Waals surface area (Å²) >= 11 is 6.53. The first-order valence-electron chi connectivity index (χ1n) is 18.6. The largest absolute Gasteiger partial charge is 0.397 e. The number of nitrogens with one attached hydrogen (secondary N) is 2. The molecular formula is C38H48ClN9O3. The summed E-state index contributed by atoms with van der Waals surface area (Å²) in [6, 6.07) is 11.1. The number of nitrogens with two attached hydrogens (primary N) is 1. The van der Waals surface area contributed by atoms with Gasteiger partial charge >= 0.3 is 11.7 Å². The number of aromatic amines is 1. The number of fused-ring (bicyclic) bond motifs is 6. The number of likely N-dealkylation sites (tertiary alicyclic amines) is 1. The van der Waals surface area contributed by atoms with E-state index < -0.39 is 6.04 Å². The first-order chi connectivity index (χ1) is 24.8. The van der Waals surface area contributed by atoms with E-state index in [0.29, 0.717) is 68.6 Å². The summed E-state index contributed by atoms with van der Waals surface area (Å²) in [6.45, 7) is 9.49. The highest BCUT2D eigenvalue weighted by molar-refractivity contribution is 6.33. The third-order valence-electron chi connectivity index (χ3n) is 12.0. The summed E-state index contributed by atoms with van der Waals surface area (Å²) in [5.41, 5.74) is 10.8. The molecule has 4 N–H and O–H groups in total. The van der Waals surface area contributed by atoms with Crippen molar-refractivity contribution in [2.45, 2.75) is 63.6 Å². The number of rotatable bonds is 7. The molecule has 2 atom stereocenters. The van der Waals surface area contributed by atoms with Gasteiger partial charge in [-0.15, -0.1) is 0 Å². The molecule has 7 heterocycles. The molecule has 12 nitrogen and oxygen atoms in total. The normalized spacial score (nSPS) is 23.6. The Morgan fingerprint density at radius 1 is 1.00 bits per heavy atom. The molecule has 3 amide bonds. The number of aromatic nitrogens is 3. The molecule has 2 aromatic carbocycles. The van der Waals surface area contributed by atoms with Gasteiger partial charge in [0.1, 0.15) is 6.04 Å². The Kier molecular flexibility index (Phi) is 9.41. The summed E-state index contributed by atoms with van der Waals surface area (Å²) in [5.74, 6) is 0.686. The molecule has 5 aliphatic rings. The lowest BCUT2D eigenvalue weighted by Gasteiger charge is -2.51. The number of nitrogens with zero attached hydrogens (tertiary/aromatic N) is 6. The van der Waals surface area contributed by atoms with E-state index in [1.807, 2.05) is 48.2 Å². The second kappa shape index (κ2) is 14.1. The molecule has 0 radical (unpaired) electrons. The average molecular weight is 714 g/mol. The highest BCUT2D eigenvalue weighted by Gasteiger charge is 2.39. The van der Waals surface area contributed by atoms with Crippen LogP contribution in [-0.4, -0.2) is 117 Å². The van der Waals surface area contributed by atoms with E-state index in [1.165, 1.54) is 25.9 Å². The Bertz CT molecular complexity index is 1990. The van der Waals surface area contributed by atoms with E-state index in [-0.39, 0.29) is 23.7 Å². The van der Waals surface area contributed by atoms with Crippen LogP contribution in [0, 0.1) is 5.92 Å². The molecule has 51 heavy (non-hydrogen) atoms. The van der Waals surface area contributed by atoms with Crippen molar-refractivity contribution in [3.8, 4) is 0 Å². The number of imidazole rings is 1. The summed E-state index contributed by atoms with van der Waals surface area (Å²) in [5, 5.41) is 4.50. The number of hydrogen-bond donors (Lipinski definition) is 3. The van der Waals surface area contributed by atoms with Crippen LogP contribution in [0.1, 0.15) is 49.8 Å². The monoisotopic (exact) mass is 713 g/mol. The number of piperazine rings is 1. The quantitative estimate of drug-likeness (QED) is 0.248. The maximum atomic E-state index is 14.3. The van der Waals surface area contributed by atoms with E-state index in [1.54, 1.807) is 15.7 Å². The van der Waals surface area contributed by atoms with Crippen molar-refractivity contribution in [2.75, 3.05) is 64.6 Å². The number of benzene rings is 2. The third-order valence-corrected chi connectivity index (χ3v) is 12.3. The summed E-state index contributed by atoms with van der Waals surface area (Å²) in [4.78, 5) is 57.8. The fraction of sp³-hybridized carbons (Fsp3) is 0.526. The van der Waals surface area contributed by atoms with Crippen LogP contribution < -0.4 is 16.7 Å². The maximum absolute atomic E-state index is 14.3. The molecule has 1 unspecified atom stereocenters. The van der Waals surface area contributed by atoms with Crippen LogP contribution in [0.25, 0.3) is 21.9 Å². The molecule has 13 heteroatoms. The van der Waals surface area contributed by atoms with E-state index in [2.05, 4.69) is 25.1 Å². The first kappa shape index (κ1) is 34.0. The number of carbonyl (C=O) groups excluding carboxylic acids is 2. The van der Waals surface area contributed by atoms with Crippen molar-refractivity contribution in [1.29, 1.82) is 0 Å². The standard InChI is InChI=1S/C38H48ClN9O3/c1-2-25-19-24(20-29(39)34(25)40)21-31(36(49)46-17-15-45(16-18-46)33-23-44-11-7-26(33)8-12-44)42-37(50)47-13-9-27(10-14-47)48-32-22-41-30-6-4-3-5-28(30)35(32)43-38(48)51/h3-6,19-20,22,26-27,31,33H,2,7-18,21,23,40H2,1H3,(H,42,50)(H,43,51)/t31-,33?/m1/s1. The number of pyridine rings is 1. The van der Waals surface area contributed by atoms with Gasteiger partial charge in [0, 0.05) is 69.7 Å². The minimum absolute atomic E-state index is 0.0668. The number of halogens is 1. The highest BCUT2D eigenvalue weighted by Crippen LogP contribution is 2.32. The maximum Gasteiger partial charge on any atom is 0.326 e. The number of aryl methyl sites for hydroxylation is 1. The number of anilines is 1. The van der Waals surface area contributed by atoms with E-state index in [0.717, 1.165) is 58.6 Å². The lowest BCUT2D eigenvalue weighted by Crippen LogP contribution is -2.63. The van der Waals surface area contributed by atoms with Crippen LogP contribution in [0.15, 0.2) is 47.4 Å². The predicted molar refractivity (Wildman–Crippen MR) is 200 cm³/mol. The summed E-state index contributed by atoms with van der Waals surface area (Å²) < 4.78 is 1.79. The van der Waals surface area contributed by atoms with E-state index in [9.17, 15) is 14.4 Å². The third kappa shape index (κ3) is 6.58. The lowest BCUT2D eigenvalue weighted by molar-refractivity contribution is -0.136. The molecule has 270 valence electrons. The Hall–Kier alpha value is -4.13. The number of urea groups is 1. The van der Waals surface area contributed by atoms with Gasteiger partial charge in [-0.25, -0.2) is 9.59 Å². The van der Waals surface area contributed by atoms with Crippen molar-refractivity contribution < 1.29 is 9.59 Å². The van der Waals surface area contributed by atoms with E-state index >= 15 is 0 Å². The predicted octanol–water partition coefficient (Wildman–Crippen LogP) is 3.87. The van der Waals surface area contributed by atoms with Crippen LogP contribution in [0.3, 0.4) is 0 Å². The van der Waals surface area contributed by atoms with Crippen LogP contribution >= 0.6 is 11.6 Å². The van der Waals surface area contributed by atoms with Gasteiger partial charge < -0.3 is 30.7 Å². The first-order valence-corrected chi connectivity index (χ1v) is 19.0. The molecular weight excluding hydrogens is 666 g/mol. The fourth-order valence-electron chi connectivity index (χ4n) is 9.08. The van der Waals surface area contributed by atoms with Gasteiger partial charge in [0.05, 0.1) is 33.5 Å². The highest BCUT2D eigenvalue weighted by atomic mass is 35.5. The van der Waals surface area contributed by atoms with Gasteiger partial charge in [0.25, 0.3) is 0 Å². The van der Waals surface area contributed by atoms with Gasteiger partial charge in [-0.05, 0) is 74.4 Å². The molecule has 9 rings (SSSR count). The van der Waals surface area contributed by atoms with Crippen LogP contribution in [0.5, 0.6) is 0 Å². The molecule has 0 aliphatic carbocycles. The van der Waals surface area contributed by atoms with Crippen molar-refractivity contribution in [1.82, 2.24) is 39.5 Å². The second-order valence-corrected chi connectivity index (χ2v) is 15.2. The van der Waals surface area contributed by atoms with Crippen LogP contribution in [-0.2, 0) is 17.6 Å². The molecule has 5 saturated heterocycles. The van der Waals surface area contributed by atoms with Gasteiger partial charge in [-0.1, -0.05) is 42.8 Å². The van der Waals surface area contributed by atoms with Gasteiger partial charge in [-0.3, -0.25) is 19.2 Å². The zero-order valence-electron chi connectivity index (χ0n) is 29.3. The van der Waals surface area contributed by atoms with E-state index in [4.69, 9.17) is 17.3 Å². The molecule has 0 saturated carbocycles. The van der Waals surface area contributed by atoms with Crippen molar-refractivity contribution in [2.24, 2.45) is 5.92 Å². The number of hydrogen-bond acceptors (Lipinski definition) is 7. The van der Waals surface area contributed by atoms with Crippen LogP contribution in [0.4, 0.5) is 10.5 Å². The number of nitrogen functional groups attached to an aromatic ring is 1. The topological polar surface area (TPSA) is 136 Å². The molecule has 5 aliphatic heterocycles. The fourth-order valence-corrected chi connectivity index (χ4v) is 9.34. The number of piperidine rings is 4. The molecule has 5 fully saturated rings. The molecule has 0 spiro atoms. The molecule has 2 aromatic heterocycles. The molecule has 4 aromatic rings. The zero-order valence-corrected chi connectivity index (χ0v) is 30.1. The average Bonchev–Trinajstić information content (AvgIpc) is 3.52. The lowest BCUT2D eigenvalue weighted by atomic mass is 9.83. The Labute approximate surface area is 302 Å². The van der Waals surface area contributed by atoms with Crippen molar-refractivity contribution in [3.05, 3.63) is 69.2 Å². The molecule has 2 bridgehead atoms. The summed E-state index contributed by atoms with van der Waals surface area (Å²) in [7, 11) is 0. The minimum Gasteiger partial charge on any atom is -0.397 e. The minimum atomic E-state index is -0.751. The van der Waals surface area contributed by atoms with Crippen LogP contribution in [0.2, 0.25) is 5.02 Å². The van der Waals surface area contributed by atoms with Crippen molar-refractivity contribution in [3.63, 3.8) is 0 Å². The Morgan fingerprint density at radius 2 is 1.75 bits per heavy atom. The zero-order chi connectivity index (χ0) is 35.2. The van der Waals surface area contributed by atoms with Gasteiger partial charge in [0.2, 0.25) is 5.91 Å². The number of H-pyrrole nitrogens is 1. The summed E-state index contributed by atoms with van der Waals surface area (Å²) in [6.07, 6.45) is 6.56. The van der Waals surface area contributed by atoms with Gasteiger partial charge in [0.15, 0.2) is 0 Å². The smallest absolute Gasteiger partial charge is 0.326 e.